The van der Waals surface area contributed by atoms with Crippen LogP contribution in [0.5, 0.6) is 0 Å². The standard InChI is InChI=1S/C23H20F6N2O3.C4H5NO3/c1-31(21(34)13-8-15(22(24,25)26)11-16(9-13)23(27,28)29)17(6-7-20(32)33)10-14-12-30-19-5-3-2-4-18(14)19;6-3-1-2-4(7)5(3)8/h2-5,8-9,11-12,17,30H,6-7,10H2,1H3,(H,32,33);8H,1-2H2. The van der Waals surface area contributed by atoms with Crippen molar-refractivity contribution in [1.82, 2.24) is 14.9 Å². The molecule has 0 aliphatic carbocycles. The molecule has 1 aromatic heterocycles. The molecule has 1 fully saturated rings. The molecule has 3 amide bonds. The number of aliphatic carboxylic acids is 1. The van der Waals surface area contributed by atoms with Gasteiger partial charge in [-0.3, -0.25) is 24.4 Å². The summed E-state index contributed by atoms with van der Waals surface area (Å²) in [6.45, 7) is 0. The number of nitrogens with zero attached hydrogens (tertiary/aromatic N) is 2. The number of carboxylic acids is 1. The zero-order valence-electron chi connectivity index (χ0n) is 21.9. The zero-order valence-corrected chi connectivity index (χ0v) is 21.9. The fourth-order valence-corrected chi connectivity index (χ4v) is 4.29. The van der Waals surface area contributed by atoms with Gasteiger partial charge in [0.2, 0.25) is 0 Å². The van der Waals surface area contributed by atoms with Crippen LogP contribution in [0.25, 0.3) is 10.9 Å². The van der Waals surface area contributed by atoms with Gasteiger partial charge in [0.15, 0.2) is 0 Å². The van der Waals surface area contributed by atoms with Crippen molar-refractivity contribution < 1.29 is 55.8 Å². The number of carboxylic acid groups (broad SMARTS) is 1. The van der Waals surface area contributed by atoms with E-state index in [2.05, 4.69) is 4.98 Å². The molecule has 1 aliphatic heterocycles. The van der Waals surface area contributed by atoms with Crippen LogP contribution >= 0.6 is 0 Å². The first-order valence-corrected chi connectivity index (χ1v) is 12.4. The van der Waals surface area contributed by atoms with Crippen LogP contribution in [0.4, 0.5) is 26.3 Å². The number of carbonyl (C=O) groups excluding carboxylic acids is 3. The number of H-pyrrole nitrogens is 1. The highest BCUT2D eigenvalue weighted by molar-refractivity contribution is 6.00. The number of benzene rings is 2. The average molecular weight is 602 g/mol. The normalized spacial score (nSPS) is 14.5. The number of hydrogen-bond acceptors (Lipinski definition) is 5. The topological polar surface area (TPSA) is 131 Å². The third-order valence-electron chi connectivity index (χ3n) is 6.55. The highest BCUT2D eigenvalue weighted by Gasteiger charge is 2.38. The van der Waals surface area contributed by atoms with Crippen LogP contribution in [-0.2, 0) is 33.2 Å². The summed E-state index contributed by atoms with van der Waals surface area (Å²) in [5, 5.41) is 18.5. The van der Waals surface area contributed by atoms with Gasteiger partial charge in [-0.2, -0.15) is 31.4 Å². The number of rotatable bonds is 7. The number of imide groups is 1. The highest BCUT2D eigenvalue weighted by Crippen LogP contribution is 2.36. The molecule has 226 valence electrons. The van der Waals surface area contributed by atoms with Gasteiger partial charge >= 0.3 is 18.3 Å². The monoisotopic (exact) mass is 601 g/mol. The van der Waals surface area contributed by atoms with Crippen LogP contribution in [0, 0.1) is 0 Å². The molecule has 2 heterocycles. The molecule has 0 saturated carbocycles. The van der Waals surface area contributed by atoms with Crippen molar-refractivity contribution in [2.75, 3.05) is 7.05 Å². The van der Waals surface area contributed by atoms with Crippen molar-refractivity contribution >= 4 is 34.6 Å². The van der Waals surface area contributed by atoms with Crippen LogP contribution in [0.15, 0.2) is 48.7 Å². The van der Waals surface area contributed by atoms with Gasteiger partial charge in [0.05, 0.1) is 11.1 Å². The Morgan fingerprint density at radius 3 is 2.00 bits per heavy atom. The minimum atomic E-state index is -5.10. The number of hydroxylamine groups is 2. The fraction of sp³-hybridized carbons (Fsp3) is 0.333. The van der Waals surface area contributed by atoms with E-state index in [0.29, 0.717) is 12.1 Å². The number of para-hydroxylation sites is 1. The van der Waals surface area contributed by atoms with E-state index < -0.39 is 58.8 Å². The minimum Gasteiger partial charge on any atom is -0.481 e. The predicted octanol–water partition coefficient (Wildman–Crippen LogP) is 5.28. The summed E-state index contributed by atoms with van der Waals surface area (Å²) in [7, 11) is 1.23. The van der Waals surface area contributed by atoms with E-state index in [4.69, 9.17) is 10.3 Å². The number of aromatic nitrogens is 1. The van der Waals surface area contributed by atoms with E-state index in [1.54, 1.807) is 30.5 Å². The maximum Gasteiger partial charge on any atom is 0.416 e. The van der Waals surface area contributed by atoms with Gasteiger partial charge in [0.1, 0.15) is 0 Å². The van der Waals surface area contributed by atoms with Gasteiger partial charge in [0.25, 0.3) is 17.7 Å². The molecule has 0 radical (unpaired) electrons. The number of alkyl halides is 6. The average Bonchev–Trinajstić information content (AvgIpc) is 3.46. The van der Waals surface area contributed by atoms with Gasteiger partial charge in [-0.1, -0.05) is 18.2 Å². The minimum absolute atomic E-state index is 0.0510. The van der Waals surface area contributed by atoms with Crippen LogP contribution in [-0.4, -0.2) is 62.0 Å². The molecule has 42 heavy (non-hydrogen) atoms. The molecule has 1 unspecified atom stereocenters. The largest absolute Gasteiger partial charge is 0.481 e. The second-order valence-corrected chi connectivity index (χ2v) is 9.46. The van der Waals surface area contributed by atoms with Crippen molar-refractivity contribution in [3.63, 3.8) is 0 Å². The SMILES string of the molecule is CN(C(=O)c1cc(C(F)(F)F)cc(C(F)(F)F)c1)C(CCC(=O)O)Cc1c[nH]c2ccccc12.O=C1CCC(=O)N1O. The molecule has 1 atom stereocenters. The summed E-state index contributed by atoms with van der Waals surface area (Å²) in [4.78, 5) is 48.7. The summed E-state index contributed by atoms with van der Waals surface area (Å²) >= 11 is 0. The van der Waals surface area contributed by atoms with E-state index in [0.717, 1.165) is 21.4 Å². The van der Waals surface area contributed by atoms with Gasteiger partial charge in [-0.15, -0.1) is 0 Å². The number of hydrogen-bond donors (Lipinski definition) is 3. The molecule has 2 aromatic carbocycles. The lowest BCUT2D eigenvalue weighted by Crippen LogP contribution is -2.39. The number of carbonyl (C=O) groups is 4. The smallest absolute Gasteiger partial charge is 0.416 e. The summed E-state index contributed by atoms with van der Waals surface area (Å²) in [6.07, 6.45) is -8.48. The molecule has 1 saturated heterocycles. The van der Waals surface area contributed by atoms with Crippen molar-refractivity contribution in [3.05, 3.63) is 70.9 Å². The van der Waals surface area contributed by atoms with Crippen LogP contribution in [0.2, 0.25) is 0 Å². The molecule has 3 N–H and O–H groups in total. The Morgan fingerprint density at radius 2 is 1.52 bits per heavy atom. The molecule has 9 nitrogen and oxygen atoms in total. The van der Waals surface area contributed by atoms with Gasteiger partial charge in [-0.25, -0.2) is 0 Å². The van der Waals surface area contributed by atoms with Gasteiger partial charge < -0.3 is 15.0 Å². The fourth-order valence-electron chi connectivity index (χ4n) is 4.29. The Morgan fingerprint density at radius 1 is 0.976 bits per heavy atom. The van der Waals surface area contributed by atoms with E-state index in [9.17, 15) is 45.5 Å². The van der Waals surface area contributed by atoms with Crippen LogP contribution in [0.1, 0.15) is 52.7 Å². The van der Waals surface area contributed by atoms with Crippen LogP contribution < -0.4 is 0 Å². The van der Waals surface area contributed by atoms with E-state index >= 15 is 0 Å². The Balaban J connectivity index is 0.000000521. The molecular weight excluding hydrogens is 576 g/mol. The lowest BCUT2D eigenvalue weighted by molar-refractivity contribution is -0.171. The first-order valence-electron chi connectivity index (χ1n) is 12.4. The number of fused-ring (bicyclic) bond motifs is 1. The zero-order chi connectivity index (χ0) is 31.4. The number of aromatic amines is 1. The second-order valence-electron chi connectivity index (χ2n) is 9.46. The first-order chi connectivity index (χ1) is 19.5. The Kier molecular flexibility index (Phi) is 9.66. The van der Waals surface area contributed by atoms with Crippen molar-refractivity contribution in [1.29, 1.82) is 0 Å². The Labute approximate surface area is 234 Å². The Bertz CT molecular complexity index is 1430. The van der Waals surface area contributed by atoms with Crippen molar-refractivity contribution in [3.8, 4) is 0 Å². The number of halogens is 6. The summed E-state index contributed by atoms with van der Waals surface area (Å²) in [5.74, 6) is -3.24. The third kappa shape index (κ3) is 7.87. The quantitative estimate of drug-likeness (QED) is 0.192. The molecule has 3 aromatic rings. The van der Waals surface area contributed by atoms with Crippen molar-refractivity contribution in [2.45, 2.75) is 50.5 Å². The molecule has 0 bridgehead atoms. The lowest BCUT2D eigenvalue weighted by atomic mass is 9.98. The van der Waals surface area contributed by atoms with Gasteiger partial charge in [-0.05, 0) is 42.7 Å². The maximum atomic E-state index is 13.2. The van der Waals surface area contributed by atoms with Crippen LogP contribution in [0.3, 0.4) is 0 Å². The highest BCUT2D eigenvalue weighted by atomic mass is 19.4. The predicted molar refractivity (Wildman–Crippen MR) is 134 cm³/mol. The number of likely N-dealkylation sites (N-methyl/N-ethyl adjacent to an activating group) is 1. The molecule has 15 heteroatoms. The van der Waals surface area contributed by atoms with E-state index in [-0.39, 0.29) is 43.2 Å². The summed E-state index contributed by atoms with van der Waals surface area (Å²) < 4.78 is 79.2. The van der Waals surface area contributed by atoms with Crippen molar-refractivity contribution in [2.24, 2.45) is 0 Å². The molecule has 0 spiro atoms. The lowest BCUT2D eigenvalue weighted by Gasteiger charge is -2.28. The molecule has 1 aliphatic rings. The number of nitrogens with one attached hydrogen (secondary N) is 1. The molecule has 4 rings (SSSR count). The van der Waals surface area contributed by atoms with E-state index in [1.165, 1.54) is 7.05 Å². The van der Waals surface area contributed by atoms with Gasteiger partial charge in [0, 0.05) is 55.0 Å². The first kappa shape index (κ1) is 32.1. The molecular formula is C27H25F6N3O6. The second kappa shape index (κ2) is 12.6. The Hall–Kier alpha value is -4.40. The summed E-state index contributed by atoms with van der Waals surface area (Å²) in [5.41, 5.74) is -2.47. The summed E-state index contributed by atoms with van der Waals surface area (Å²) in [6, 6.07) is 7.08. The van der Waals surface area contributed by atoms with E-state index in [1.807, 2.05) is 0 Å². The number of amides is 3. The third-order valence-corrected chi connectivity index (χ3v) is 6.55. The maximum absolute atomic E-state index is 13.2.